The number of piperazine rings is 1. The van der Waals surface area contributed by atoms with Crippen LogP contribution in [0.1, 0.15) is 24.1 Å². The van der Waals surface area contributed by atoms with Gasteiger partial charge in [-0.25, -0.2) is 4.98 Å². The number of carbonyl (C=O) groups excluding carboxylic acids is 1. The van der Waals surface area contributed by atoms with Crippen molar-refractivity contribution >= 4 is 35.1 Å². The molecule has 2 heterocycles. The SMILES string of the molecule is C[C@H](NC(=O)C=Cc1ccccc1Cl)c1cccc(N2CCN(c3ccccn3)CC2)c1. The van der Waals surface area contributed by atoms with E-state index in [4.69, 9.17) is 11.6 Å². The molecule has 0 spiro atoms. The number of anilines is 2. The summed E-state index contributed by atoms with van der Waals surface area (Å²) >= 11 is 6.15. The monoisotopic (exact) mass is 446 g/mol. The minimum atomic E-state index is -0.146. The maximum Gasteiger partial charge on any atom is 0.244 e. The maximum absolute atomic E-state index is 12.4. The zero-order valence-electron chi connectivity index (χ0n) is 18.1. The van der Waals surface area contributed by atoms with Crippen molar-refractivity contribution in [3.05, 3.63) is 95.2 Å². The van der Waals surface area contributed by atoms with Gasteiger partial charge in [0.25, 0.3) is 0 Å². The zero-order chi connectivity index (χ0) is 22.3. The first-order valence-electron chi connectivity index (χ1n) is 10.8. The molecule has 1 atom stereocenters. The normalized spacial score (nSPS) is 15.1. The van der Waals surface area contributed by atoms with Crippen LogP contribution in [0.25, 0.3) is 6.08 Å². The van der Waals surface area contributed by atoms with Gasteiger partial charge in [0.2, 0.25) is 5.91 Å². The lowest BCUT2D eigenvalue weighted by Crippen LogP contribution is -2.46. The van der Waals surface area contributed by atoms with Crippen molar-refractivity contribution in [2.75, 3.05) is 36.0 Å². The number of nitrogens with zero attached hydrogens (tertiary/aromatic N) is 3. The number of carbonyl (C=O) groups is 1. The van der Waals surface area contributed by atoms with Gasteiger partial charge in [0.1, 0.15) is 5.82 Å². The fourth-order valence-electron chi connectivity index (χ4n) is 3.85. The number of aromatic nitrogens is 1. The Kier molecular flexibility index (Phi) is 7.07. The molecule has 0 bridgehead atoms. The largest absolute Gasteiger partial charge is 0.368 e. The quantitative estimate of drug-likeness (QED) is 0.544. The van der Waals surface area contributed by atoms with E-state index in [1.54, 1.807) is 6.08 Å². The van der Waals surface area contributed by atoms with Crippen LogP contribution in [-0.2, 0) is 4.79 Å². The molecule has 0 saturated carbocycles. The van der Waals surface area contributed by atoms with Crippen LogP contribution in [0, 0.1) is 0 Å². The molecule has 1 fully saturated rings. The number of halogens is 1. The van der Waals surface area contributed by atoms with Gasteiger partial charge in [0, 0.05) is 49.2 Å². The first kappa shape index (κ1) is 21.9. The molecule has 1 aliphatic rings. The van der Waals surface area contributed by atoms with E-state index in [1.165, 1.54) is 11.8 Å². The molecule has 164 valence electrons. The highest BCUT2D eigenvalue weighted by Crippen LogP contribution is 2.23. The zero-order valence-corrected chi connectivity index (χ0v) is 18.9. The average molecular weight is 447 g/mol. The van der Waals surface area contributed by atoms with Gasteiger partial charge < -0.3 is 15.1 Å². The number of nitrogens with one attached hydrogen (secondary N) is 1. The molecule has 0 aliphatic carbocycles. The van der Waals surface area contributed by atoms with Gasteiger partial charge in [-0.05, 0) is 54.5 Å². The van der Waals surface area contributed by atoms with Gasteiger partial charge >= 0.3 is 0 Å². The Hall–Kier alpha value is -3.31. The molecular formula is C26H27ClN4O. The topological polar surface area (TPSA) is 48.5 Å². The first-order chi connectivity index (χ1) is 15.6. The molecule has 32 heavy (non-hydrogen) atoms. The van der Waals surface area contributed by atoms with Crippen molar-refractivity contribution in [2.24, 2.45) is 0 Å². The first-order valence-corrected chi connectivity index (χ1v) is 11.2. The number of hydrogen-bond donors (Lipinski definition) is 1. The van der Waals surface area contributed by atoms with Crippen LogP contribution in [0.15, 0.2) is 79.0 Å². The van der Waals surface area contributed by atoms with Crippen LogP contribution < -0.4 is 15.1 Å². The van der Waals surface area contributed by atoms with Crippen LogP contribution in [-0.4, -0.2) is 37.1 Å². The van der Waals surface area contributed by atoms with E-state index in [9.17, 15) is 4.79 Å². The highest BCUT2D eigenvalue weighted by atomic mass is 35.5. The lowest BCUT2D eigenvalue weighted by atomic mass is 10.1. The van der Waals surface area contributed by atoms with Gasteiger partial charge in [-0.3, -0.25) is 4.79 Å². The van der Waals surface area contributed by atoms with Gasteiger partial charge in [0.15, 0.2) is 0 Å². The second kappa shape index (κ2) is 10.3. The molecule has 2 aromatic carbocycles. The predicted octanol–water partition coefficient (Wildman–Crippen LogP) is 4.95. The van der Waals surface area contributed by atoms with Crippen LogP contribution in [0.3, 0.4) is 0 Å². The summed E-state index contributed by atoms with van der Waals surface area (Å²) in [6.45, 7) is 5.72. The second-order valence-electron chi connectivity index (χ2n) is 7.84. The number of benzene rings is 2. The molecule has 1 amide bonds. The number of pyridine rings is 1. The summed E-state index contributed by atoms with van der Waals surface area (Å²) in [5, 5.41) is 3.67. The van der Waals surface area contributed by atoms with Crippen LogP contribution in [0.4, 0.5) is 11.5 Å². The van der Waals surface area contributed by atoms with Gasteiger partial charge in [0.05, 0.1) is 6.04 Å². The number of rotatable bonds is 6. The summed E-state index contributed by atoms with van der Waals surface area (Å²) in [7, 11) is 0. The fraction of sp³-hybridized carbons (Fsp3) is 0.231. The lowest BCUT2D eigenvalue weighted by molar-refractivity contribution is -0.117. The number of hydrogen-bond acceptors (Lipinski definition) is 4. The van der Waals surface area contributed by atoms with Crippen LogP contribution >= 0.6 is 11.6 Å². The van der Waals surface area contributed by atoms with E-state index >= 15 is 0 Å². The molecule has 1 aliphatic heterocycles. The summed E-state index contributed by atoms with van der Waals surface area (Å²) in [4.78, 5) is 21.6. The van der Waals surface area contributed by atoms with Crippen LogP contribution in [0.5, 0.6) is 0 Å². The Labute approximate surface area is 194 Å². The Balaban J connectivity index is 1.35. The van der Waals surface area contributed by atoms with Gasteiger partial charge in [-0.2, -0.15) is 0 Å². The molecule has 1 N–H and O–H groups in total. The summed E-state index contributed by atoms with van der Waals surface area (Å²) in [6, 6.07) is 21.8. The van der Waals surface area contributed by atoms with E-state index in [0.29, 0.717) is 5.02 Å². The van der Waals surface area contributed by atoms with Crippen molar-refractivity contribution in [2.45, 2.75) is 13.0 Å². The van der Waals surface area contributed by atoms with Crippen molar-refractivity contribution in [1.82, 2.24) is 10.3 Å². The predicted molar refractivity (Wildman–Crippen MR) is 132 cm³/mol. The average Bonchev–Trinajstić information content (AvgIpc) is 2.84. The lowest BCUT2D eigenvalue weighted by Gasteiger charge is -2.37. The highest BCUT2D eigenvalue weighted by molar-refractivity contribution is 6.32. The Bertz CT molecular complexity index is 1080. The molecule has 0 unspecified atom stereocenters. The third-order valence-corrected chi connectivity index (χ3v) is 6.01. The Morgan fingerprint density at radius 3 is 2.50 bits per heavy atom. The minimum absolute atomic E-state index is 0.104. The molecule has 5 nitrogen and oxygen atoms in total. The Morgan fingerprint density at radius 1 is 1.00 bits per heavy atom. The minimum Gasteiger partial charge on any atom is -0.368 e. The standard InChI is InChI=1S/C26H27ClN4O/c1-20(29-26(32)13-12-21-7-2-3-10-24(21)27)22-8-6-9-23(19-22)30-15-17-31(18-16-30)25-11-4-5-14-28-25/h2-14,19-20H,15-18H2,1H3,(H,29,32)/t20-/m0/s1. The van der Waals surface area contributed by atoms with E-state index in [1.807, 2.05) is 49.5 Å². The molecule has 1 aromatic heterocycles. The Morgan fingerprint density at radius 2 is 1.75 bits per heavy atom. The summed E-state index contributed by atoms with van der Waals surface area (Å²) in [6.07, 6.45) is 5.10. The molecule has 0 radical (unpaired) electrons. The molecular weight excluding hydrogens is 420 g/mol. The molecule has 1 saturated heterocycles. The highest BCUT2D eigenvalue weighted by Gasteiger charge is 2.19. The van der Waals surface area contributed by atoms with Crippen LogP contribution in [0.2, 0.25) is 5.02 Å². The van der Waals surface area contributed by atoms with E-state index in [2.05, 4.69) is 50.4 Å². The smallest absolute Gasteiger partial charge is 0.244 e. The molecule has 3 aromatic rings. The fourth-order valence-corrected chi connectivity index (χ4v) is 4.04. The van der Waals surface area contributed by atoms with E-state index < -0.39 is 0 Å². The summed E-state index contributed by atoms with van der Waals surface area (Å²) < 4.78 is 0. The molecule has 4 rings (SSSR count). The second-order valence-corrected chi connectivity index (χ2v) is 8.25. The molecule has 6 heteroatoms. The maximum atomic E-state index is 12.4. The summed E-state index contributed by atoms with van der Waals surface area (Å²) in [5.41, 5.74) is 3.08. The van der Waals surface area contributed by atoms with Crippen molar-refractivity contribution in [3.8, 4) is 0 Å². The van der Waals surface area contributed by atoms with Crippen molar-refractivity contribution in [3.63, 3.8) is 0 Å². The van der Waals surface area contributed by atoms with Gasteiger partial charge in [-0.15, -0.1) is 0 Å². The van der Waals surface area contributed by atoms with E-state index in [0.717, 1.165) is 43.1 Å². The third kappa shape index (κ3) is 5.48. The van der Waals surface area contributed by atoms with Gasteiger partial charge in [-0.1, -0.05) is 48.0 Å². The summed E-state index contributed by atoms with van der Waals surface area (Å²) in [5.74, 6) is 0.883. The third-order valence-electron chi connectivity index (χ3n) is 5.67. The van der Waals surface area contributed by atoms with Crippen molar-refractivity contribution < 1.29 is 4.79 Å². The van der Waals surface area contributed by atoms with Crippen molar-refractivity contribution in [1.29, 1.82) is 0 Å². The number of amides is 1. The van der Waals surface area contributed by atoms with E-state index in [-0.39, 0.29) is 11.9 Å².